The molecule has 29 heavy (non-hydrogen) atoms. The number of nitrogens with two attached hydrogens (primary N) is 1. The molecule has 0 amide bonds. The lowest BCUT2D eigenvalue weighted by molar-refractivity contribution is 0.565. The van der Waals surface area contributed by atoms with E-state index in [1.54, 1.807) is 12.3 Å². The number of halogens is 2. The zero-order valence-electron chi connectivity index (χ0n) is 15.0. The fraction of sp³-hybridized carbons (Fsp3) is 0.235. The Morgan fingerprint density at radius 3 is 2.76 bits per heavy atom. The third kappa shape index (κ3) is 3.77. The Balaban J connectivity index is 1.72. The maximum Gasteiger partial charge on any atom is 0.162 e. The largest absolute Gasteiger partial charge is 0.386 e. The van der Waals surface area contributed by atoms with Crippen molar-refractivity contribution in [2.24, 2.45) is 10.7 Å². The third-order valence-corrected chi connectivity index (χ3v) is 7.12. The van der Waals surface area contributed by atoms with Crippen molar-refractivity contribution in [1.29, 1.82) is 0 Å². The molecular formula is C17H15BrFN7O2S. The summed E-state index contributed by atoms with van der Waals surface area (Å²) in [5, 5.41) is 2.09. The van der Waals surface area contributed by atoms with Crippen LogP contribution in [0.15, 0.2) is 40.3 Å². The minimum Gasteiger partial charge on any atom is -0.386 e. The van der Waals surface area contributed by atoms with Gasteiger partial charge in [0, 0.05) is 16.2 Å². The van der Waals surface area contributed by atoms with Crippen molar-refractivity contribution < 1.29 is 12.8 Å². The van der Waals surface area contributed by atoms with Gasteiger partial charge in [0.15, 0.2) is 15.7 Å². The number of rotatable bonds is 3. The molecule has 2 atom stereocenters. The molecule has 0 aliphatic carbocycles. The van der Waals surface area contributed by atoms with Gasteiger partial charge in [-0.05, 0) is 35.0 Å². The van der Waals surface area contributed by atoms with Crippen molar-refractivity contribution >= 4 is 54.3 Å². The van der Waals surface area contributed by atoms with Gasteiger partial charge in [-0.3, -0.25) is 4.99 Å². The van der Waals surface area contributed by atoms with Crippen molar-refractivity contribution in [2.75, 3.05) is 11.1 Å². The summed E-state index contributed by atoms with van der Waals surface area (Å²) in [5.74, 6) is -0.405. The van der Waals surface area contributed by atoms with Crippen molar-refractivity contribution in [2.45, 2.75) is 18.2 Å². The van der Waals surface area contributed by atoms with Crippen LogP contribution in [0.2, 0.25) is 0 Å². The third-order valence-electron chi connectivity index (χ3n) is 4.58. The lowest BCUT2D eigenvalue weighted by Crippen LogP contribution is -2.40. The van der Waals surface area contributed by atoms with Crippen LogP contribution in [0.25, 0.3) is 11.0 Å². The molecule has 1 aliphatic rings. The number of nitrogens with zero attached hydrogens (tertiary/aromatic N) is 5. The normalized spacial score (nSPS) is 21.0. The highest BCUT2D eigenvalue weighted by Gasteiger charge is 2.35. The summed E-state index contributed by atoms with van der Waals surface area (Å²) >= 11 is 3.33. The van der Waals surface area contributed by atoms with Crippen molar-refractivity contribution in [1.82, 2.24) is 19.9 Å². The summed E-state index contributed by atoms with van der Waals surface area (Å²) in [6.07, 6.45) is 3.97. The van der Waals surface area contributed by atoms with Crippen LogP contribution in [0.4, 0.5) is 16.0 Å². The van der Waals surface area contributed by atoms with Crippen LogP contribution < -0.4 is 11.1 Å². The van der Waals surface area contributed by atoms with Crippen molar-refractivity contribution in [3.05, 3.63) is 46.7 Å². The van der Waals surface area contributed by atoms with Gasteiger partial charge in [0.1, 0.15) is 34.6 Å². The Morgan fingerprint density at radius 2 is 2.00 bits per heavy atom. The van der Waals surface area contributed by atoms with Gasteiger partial charge in [0.2, 0.25) is 0 Å². The summed E-state index contributed by atoms with van der Waals surface area (Å²) in [6, 6.07) is 2.23. The zero-order valence-corrected chi connectivity index (χ0v) is 17.4. The molecule has 0 radical (unpaired) electrons. The van der Waals surface area contributed by atoms with Gasteiger partial charge in [0.25, 0.3) is 0 Å². The number of fused-ring (bicyclic) bond motifs is 1. The second-order valence-electron chi connectivity index (χ2n) is 6.50. The molecule has 9 nitrogen and oxygen atoms in total. The van der Waals surface area contributed by atoms with E-state index in [1.165, 1.54) is 19.3 Å². The maximum atomic E-state index is 14.4. The quantitative estimate of drug-likeness (QED) is 0.583. The van der Waals surface area contributed by atoms with Crippen molar-refractivity contribution in [3.63, 3.8) is 0 Å². The minimum atomic E-state index is -3.53. The number of aliphatic imine (C=N–C) groups is 1. The van der Waals surface area contributed by atoms with Gasteiger partial charge in [-0.15, -0.1) is 0 Å². The van der Waals surface area contributed by atoms with E-state index in [0.717, 1.165) is 10.7 Å². The van der Waals surface area contributed by atoms with E-state index >= 15 is 0 Å². The van der Waals surface area contributed by atoms with E-state index in [9.17, 15) is 12.8 Å². The van der Waals surface area contributed by atoms with Gasteiger partial charge in [-0.25, -0.2) is 32.7 Å². The molecule has 0 fully saturated rings. The van der Waals surface area contributed by atoms with Gasteiger partial charge in [0.05, 0.1) is 23.5 Å². The molecule has 150 valence electrons. The van der Waals surface area contributed by atoms with E-state index in [1.807, 2.05) is 0 Å². The Bertz CT molecular complexity index is 1250. The van der Waals surface area contributed by atoms with Gasteiger partial charge >= 0.3 is 0 Å². The average Bonchev–Trinajstić information content (AvgIpc) is 2.67. The van der Waals surface area contributed by atoms with Crippen LogP contribution in [-0.4, -0.2) is 45.2 Å². The number of anilines is 2. The van der Waals surface area contributed by atoms with Crippen LogP contribution in [-0.2, 0) is 9.84 Å². The summed E-state index contributed by atoms with van der Waals surface area (Å²) in [4.78, 5) is 20.8. The van der Waals surface area contributed by atoms with E-state index in [4.69, 9.17) is 5.73 Å². The smallest absolute Gasteiger partial charge is 0.162 e. The number of aromatic nitrogens is 4. The molecule has 3 aromatic heterocycles. The number of nitrogens with one attached hydrogen (secondary N) is 1. The molecule has 3 aromatic rings. The highest BCUT2D eigenvalue weighted by Crippen LogP contribution is 2.30. The molecule has 12 heteroatoms. The molecule has 4 heterocycles. The lowest BCUT2D eigenvalue weighted by Gasteiger charge is -2.24. The standard InChI is InChI=1S/C17H15BrFN7O2S/c1-8-16(20)25-13(6-29(8,27)28)10-3-14(21-5-11(10)19)26-17-15-12(23-7-24-17)2-9(18)4-22-15/h2-5,7-8,13H,6H2,1H3,(H2,20,25)(H,21,23,24,26). The van der Waals surface area contributed by atoms with Crippen molar-refractivity contribution in [3.8, 4) is 0 Å². The predicted molar refractivity (Wildman–Crippen MR) is 110 cm³/mol. The molecule has 0 aromatic carbocycles. The molecule has 1 aliphatic heterocycles. The summed E-state index contributed by atoms with van der Waals surface area (Å²) in [6.45, 7) is 1.46. The molecule has 0 saturated carbocycles. The number of amidine groups is 1. The van der Waals surface area contributed by atoms with Crippen LogP contribution in [0, 0.1) is 5.82 Å². The zero-order chi connectivity index (χ0) is 20.8. The van der Waals surface area contributed by atoms with Crippen LogP contribution in [0.5, 0.6) is 0 Å². The molecule has 0 saturated heterocycles. The Hall–Kier alpha value is -2.73. The summed E-state index contributed by atoms with van der Waals surface area (Å²) in [7, 11) is -3.53. The van der Waals surface area contributed by atoms with E-state index in [-0.39, 0.29) is 23.0 Å². The topological polar surface area (TPSA) is 136 Å². The molecule has 0 bridgehead atoms. The molecule has 4 rings (SSSR count). The van der Waals surface area contributed by atoms with E-state index in [2.05, 4.69) is 46.2 Å². The first-order valence-corrected chi connectivity index (χ1v) is 11.0. The number of sulfone groups is 1. The van der Waals surface area contributed by atoms with Crippen LogP contribution in [0.3, 0.4) is 0 Å². The second kappa shape index (κ2) is 7.26. The molecular weight excluding hydrogens is 465 g/mol. The maximum absolute atomic E-state index is 14.4. The first-order chi connectivity index (χ1) is 13.7. The van der Waals surface area contributed by atoms with E-state index in [0.29, 0.717) is 16.9 Å². The fourth-order valence-corrected chi connectivity index (χ4v) is 4.67. The highest BCUT2D eigenvalue weighted by molar-refractivity contribution is 9.10. The summed E-state index contributed by atoms with van der Waals surface area (Å²) < 4.78 is 39.8. The molecule has 2 unspecified atom stereocenters. The van der Waals surface area contributed by atoms with Crippen LogP contribution >= 0.6 is 15.9 Å². The first kappa shape index (κ1) is 19.6. The van der Waals surface area contributed by atoms with Crippen LogP contribution in [0.1, 0.15) is 18.5 Å². The monoisotopic (exact) mass is 479 g/mol. The average molecular weight is 480 g/mol. The molecule has 0 spiro atoms. The second-order valence-corrected chi connectivity index (χ2v) is 9.78. The van der Waals surface area contributed by atoms with Gasteiger partial charge in [-0.1, -0.05) is 0 Å². The SMILES string of the molecule is CC1C(N)=NC(c2cc(Nc3ncnc4cc(Br)cnc34)ncc2F)CS1(=O)=O. The number of pyridine rings is 2. The van der Waals surface area contributed by atoms with Gasteiger partial charge in [-0.2, -0.15) is 0 Å². The predicted octanol–water partition coefficient (Wildman–Crippen LogP) is 2.28. The Morgan fingerprint density at radius 1 is 1.21 bits per heavy atom. The Labute approximate surface area is 173 Å². The highest BCUT2D eigenvalue weighted by atomic mass is 79.9. The fourth-order valence-electron chi connectivity index (χ4n) is 2.94. The number of hydrogen-bond acceptors (Lipinski definition) is 9. The molecule has 3 N–H and O–H groups in total. The lowest BCUT2D eigenvalue weighted by atomic mass is 10.1. The minimum absolute atomic E-state index is 0.0384. The number of hydrogen-bond donors (Lipinski definition) is 2. The van der Waals surface area contributed by atoms with Gasteiger partial charge < -0.3 is 11.1 Å². The summed E-state index contributed by atoms with van der Waals surface area (Å²) in [5.41, 5.74) is 6.94. The van der Waals surface area contributed by atoms with E-state index < -0.39 is 26.9 Å². The first-order valence-electron chi connectivity index (χ1n) is 8.48. The Kier molecular flexibility index (Phi) is 4.90.